The monoisotopic (exact) mass is 460 g/mol. The Morgan fingerprint density at radius 2 is 1.88 bits per heavy atom. The minimum absolute atomic E-state index is 0.167. The second-order valence-corrected chi connectivity index (χ2v) is 11.5. The highest BCUT2D eigenvalue weighted by Crippen LogP contribution is 2.59. The summed E-state index contributed by atoms with van der Waals surface area (Å²) in [5.74, 6) is 1.21. The molecular weight excluding hydrogens is 416 g/mol. The van der Waals surface area contributed by atoms with Gasteiger partial charge in [0.15, 0.2) is 0 Å². The quantitative estimate of drug-likeness (QED) is 0.388. The van der Waals surface area contributed by atoms with Crippen LogP contribution in [-0.2, 0) is 0 Å². The molecule has 3 aliphatic rings. The Kier molecular flexibility index (Phi) is 7.82. The minimum atomic E-state index is -1.59. The van der Waals surface area contributed by atoms with E-state index in [9.17, 15) is 25.5 Å². The summed E-state index contributed by atoms with van der Waals surface area (Å²) in [6, 6.07) is 0. The third kappa shape index (κ3) is 5.23. The zero-order valence-corrected chi connectivity index (χ0v) is 20.8. The number of hydrogen-bond acceptors (Lipinski definition) is 5. The van der Waals surface area contributed by atoms with Crippen LogP contribution in [0.3, 0.4) is 0 Å². The van der Waals surface area contributed by atoms with Crippen molar-refractivity contribution >= 4 is 0 Å². The fourth-order valence-electron chi connectivity index (χ4n) is 6.42. The van der Waals surface area contributed by atoms with E-state index in [1.165, 1.54) is 25.8 Å². The molecule has 3 fully saturated rings. The van der Waals surface area contributed by atoms with Gasteiger partial charge in [-0.25, -0.2) is 0 Å². The third-order valence-corrected chi connectivity index (χ3v) is 9.06. The lowest BCUT2D eigenvalue weighted by atomic mass is 9.61. The zero-order valence-electron chi connectivity index (χ0n) is 20.8. The topological polar surface area (TPSA) is 101 Å². The van der Waals surface area contributed by atoms with Crippen LogP contribution < -0.4 is 0 Å². The molecule has 0 spiro atoms. The number of rotatable bonds is 6. The summed E-state index contributed by atoms with van der Waals surface area (Å²) in [5, 5.41) is 50.6. The molecule has 5 nitrogen and oxygen atoms in total. The maximum atomic E-state index is 10.7. The van der Waals surface area contributed by atoms with Gasteiger partial charge in [0, 0.05) is 6.42 Å². The standard InChI is InChI=1S/C28H44O5/c1-18(12-14-27(4,32)28(5,33)17-29)23-10-11-24-20(7-6-13-26(23,24)3)8-9-21-15-22(30)16-25(31)19(21)2/h8-9,12,14,18,22-25,29-33H,2,6-7,10-11,13,15-17H2,1,3-5H3/b14-12+,20-8+,21-9-/t18-,22-,23-,24?,25?,26-,27-,28?/m1/s1. The van der Waals surface area contributed by atoms with E-state index in [1.807, 2.05) is 6.08 Å². The molecule has 0 aromatic carbocycles. The van der Waals surface area contributed by atoms with Gasteiger partial charge in [0.1, 0.15) is 11.2 Å². The summed E-state index contributed by atoms with van der Waals surface area (Å²) in [6.45, 7) is 11.1. The van der Waals surface area contributed by atoms with Gasteiger partial charge < -0.3 is 25.5 Å². The summed E-state index contributed by atoms with van der Waals surface area (Å²) in [7, 11) is 0. The Balaban J connectivity index is 1.78. The van der Waals surface area contributed by atoms with Gasteiger partial charge in [-0.05, 0) is 86.7 Å². The Morgan fingerprint density at radius 1 is 1.18 bits per heavy atom. The van der Waals surface area contributed by atoms with E-state index in [2.05, 4.69) is 32.6 Å². The van der Waals surface area contributed by atoms with Crippen LogP contribution in [0.25, 0.3) is 0 Å². The molecule has 8 atom stereocenters. The van der Waals surface area contributed by atoms with Crippen molar-refractivity contribution in [3.8, 4) is 0 Å². The summed E-state index contributed by atoms with van der Waals surface area (Å²) >= 11 is 0. The molecule has 0 heterocycles. The molecule has 0 aromatic rings. The van der Waals surface area contributed by atoms with Gasteiger partial charge in [0.25, 0.3) is 0 Å². The van der Waals surface area contributed by atoms with Crippen LogP contribution in [0.4, 0.5) is 0 Å². The predicted octanol–water partition coefficient (Wildman–Crippen LogP) is 3.81. The van der Waals surface area contributed by atoms with Crippen LogP contribution in [0.5, 0.6) is 0 Å². The molecule has 3 unspecified atom stereocenters. The lowest BCUT2D eigenvalue weighted by Crippen LogP contribution is -2.51. The van der Waals surface area contributed by atoms with E-state index < -0.39 is 30.0 Å². The minimum Gasteiger partial charge on any atom is -0.393 e. The average molecular weight is 461 g/mol. The lowest BCUT2D eigenvalue weighted by Gasteiger charge is -2.44. The van der Waals surface area contributed by atoms with Crippen molar-refractivity contribution < 1.29 is 25.5 Å². The maximum Gasteiger partial charge on any atom is 0.117 e. The van der Waals surface area contributed by atoms with Crippen molar-refractivity contribution in [1.82, 2.24) is 0 Å². The number of fused-ring (bicyclic) bond motifs is 1. The van der Waals surface area contributed by atoms with Crippen LogP contribution in [-0.4, -0.2) is 55.5 Å². The van der Waals surface area contributed by atoms with E-state index in [1.54, 1.807) is 6.08 Å². The molecule has 0 radical (unpaired) electrons. The van der Waals surface area contributed by atoms with Gasteiger partial charge in [0.2, 0.25) is 0 Å². The van der Waals surface area contributed by atoms with Crippen LogP contribution >= 0.6 is 0 Å². The highest BCUT2D eigenvalue weighted by Gasteiger charge is 2.50. The predicted molar refractivity (Wildman–Crippen MR) is 131 cm³/mol. The molecule has 3 saturated carbocycles. The largest absolute Gasteiger partial charge is 0.393 e. The number of aliphatic hydroxyl groups excluding tert-OH is 3. The Labute approximate surface area is 199 Å². The molecule has 0 amide bonds. The first-order valence-corrected chi connectivity index (χ1v) is 12.5. The molecule has 0 aromatic heterocycles. The van der Waals surface area contributed by atoms with Crippen molar-refractivity contribution in [2.24, 2.45) is 23.2 Å². The van der Waals surface area contributed by atoms with Gasteiger partial charge in [-0.15, -0.1) is 0 Å². The van der Waals surface area contributed by atoms with Gasteiger partial charge in [0.05, 0.1) is 18.8 Å². The van der Waals surface area contributed by atoms with Crippen LogP contribution in [0.1, 0.15) is 72.6 Å². The van der Waals surface area contributed by atoms with E-state index in [4.69, 9.17) is 0 Å². The van der Waals surface area contributed by atoms with Gasteiger partial charge in [-0.2, -0.15) is 0 Å². The summed E-state index contributed by atoms with van der Waals surface area (Å²) in [6.07, 6.45) is 13.3. The molecule has 186 valence electrons. The van der Waals surface area contributed by atoms with Crippen molar-refractivity contribution in [1.29, 1.82) is 0 Å². The maximum absolute atomic E-state index is 10.7. The first-order chi connectivity index (χ1) is 15.3. The number of aliphatic hydroxyl groups is 5. The SMILES string of the molecule is C=C1/C(=C\C=C2/CCC[C@@]3(C)C2CC[C@@H]3[C@H](C)/C=C/[C@@](C)(O)C(C)(O)CO)C[C@@H](O)CC1O. The Morgan fingerprint density at radius 3 is 2.55 bits per heavy atom. The van der Waals surface area contributed by atoms with Crippen LogP contribution in [0, 0.1) is 23.2 Å². The molecule has 5 heteroatoms. The second kappa shape index (κ2) is 9.79. The molecule has 3 rings (SSSR count). The summed E-state index contributed by atoms with van der Waals surface area (Å²) < 4.78 is 0. The van der Waals surface area contributed by atoms with Crippen molar-refractivity contribution in [2.45, 2.75) is 96.1 Å². The molecule has 0 saturated heterocycles. The molecule has 0 bridgehead atoms. The van der Waals surface area contributed by atoms with Crippen molar-refractivity contribution in [3.63, 3.8) is 0 Å². The number of hydrogen-bond donors (Lipinski definition) is 5. The first kappa shape index (κ1) is 26.4. The Hall–Kier alpha value is -1.24. The normalized spacial score (nSPS) is 40.1. The fourth-order valence-corrected chi connectivity index (χ4v) is 6.42. The van der Waals surface area contributed by atoms with Gasteiger partial charge in [-0.1, -0.05) is 50.3 Å². The number of allylic oxidation sites excluding steroid dienone is 4. The highest BCUT2D eigenvalue weighted by atomic mass is 16.4. The van der Waals surface area contributed by atoms with E-state index in [0.29, 0.717) is 24.7 Å². The van der Waals surface area contributed by atoms with E-state index in [0.717, 1.165) is 36.8 Å². The third-order valence-electron chi connectivity index (χ3n) is 9.06. The van der Waals surface area contributed by atoms with Crippen LogP contribution in [0.2, 0.25) is 0 Å². The molecular formula is C28H44O5. The first-order valence-electron chi connectivity index (χ1n) is 12.5. The second-order valence-electron chi connectivity index (χ2n) is 11.5. The average Bonchev–Trinajstić information content (AvgIpc) is 3.11. The fraction of sp³-hybridized carbons (Fsp3) is 0.714. The molecule has 5 N–H and O–H groups in total. The molecule has 3 aliphatic carbocycles. The van der Waals surface area contributed by atoms with Gasteiger partial charge >= 0.3 is 0 Å². The highest BCUT2D eigenvalue weighted by molar-refractivity contribution is 5.38. The summed E-state index contributed by atoms with van der Waals surface area (Å²) in [4.78, 5) is 0. The molecule has 0 aliphatic heterocycles. The van der Waals surface area contributed by atoms with Crippen LogP contribution in [0.15, 0.2) is 47.6 Å². The van der Waals surface area contributed by atoms with E-state index >= 15 is 0 Å². The van der Waals surface area contributed by atoms with Crippen molar-refractivity contribution in [3.05, 3.63) is 47.6 Å². The van der Waals surface area contributed by atoms with Gasteiger partial charge in [-0.3, -0.25) is 0 Å². The molecule has 33 heavy (non-hydrogen) atoms. The van der Waals surface area contributed by atoms with E-state index in [-0.39, 0.29) is 11.3 Å². The smallest absolute Gasteiger partial charge is 0.117 e. The Bertz CT molecular complexity index is 820. The zero-order chi connectivity index (χ0) is 24.6. The summed E-state index contributed by atoms with van der Waals surface area (Å²) in [5.41, 5.74) is 0.197. The lowest BCUT2D eigenvalue weighted by molar-refractivity contribution is -0.126. The van der Waals surface area contributed by atoms with Crippen molar-refractivity contribution in [2.75, 3.05) is 6.61 Å².